The standard InChI is InChI=1S/C33H45N5O3/c1-25(35-22-31(40)13-7-14-31)28-12-11-27(21-34-28)37-23-30(38(29(37)39)24-32(41)15-8-16-32)17-19-33(20-18-30,36(2)3)26-9-5-4-6-10-26/h4-6,9-12,21,35,40-41H,1,7-8,13-20,22-24H2,2-3H3. The van der Waals surface area contributed by atoms with Crippen molar-refractivity contribution in [2.75, 3.05) is 38.6 Å². The summed E-state index contributed by atoms with van der Waals surface area (Å²) < 4.78 is 0. The van der Waals surface area contributed by atoms with Crippen molar-refractivity contribution >= 4 is 17.4 Å². The van der Waals surface area contributed by atoms with Crippen LogP contribution in [0.25, 0.3) is 5.70 Å². The maximum atomic E-state index is 14.1. The molecule has 4 aliphatic rings. The highest BCUT2D eigenvalue weighted by Crippen LogP contribution is 2.50. The predicted octanol–water partition coefficient (Wildman–Crippen LogP) is 4.48. The summed E-state index contributed by atoms with van der Waals surface area (Å²) in [5, 5.41) is 24.8. The Bertz CT molecular complexity index is 1260. The fourth-order valence-electron chi connectivity index (χ4n) is 7.42. The highest BCUT2D eigenvalue weighted by molar-refractivity contribution is 5.95. The Morgan fingerprint density at radius 1 is 0.951 bits per heavy atom. The maximum absolute atomic E-state index is 14.1. The number of nitrogens with zero attached hydrogens (tertiary/aromatic N) is 4. The second-order valence-electron chi connectivity index (χ2n) is 13.4. The van der Waals surface area contributed by atoms with Gasteiger partial charge in [0.05, 0.1) is 53.1 Å². The number of hydrogen-bond donors (Lipinski definition) is 3. The van der Waals surface area contributed by atoms with Crippen molar-refractivity contribution in [3.63, 3.8) is 0 Å². The van der Waals surface area contributed by atoms with Gasteiger partial charge in [-0.25, -0.2) is 4.79 Å². The van der Waals surface area contributed by atoms with Gasteiger partial charge in [-0.3, -0.25) is 14.8 Å². The van der Waals surface area contributed by atoms with Crippen molar-refractivity contribution in [1.29, 1.82) is 0 Å². The summed E-state index contributed by atoms with van der Waals surface area (Å²) >= 11 is 0. The number of β-amino-alcohol motifs (C(OH)–C–C–N with tert-alkyl or cyclic N) is 1. The molecule has 41 heavy (non-hydrogen) atoms. The number of nitrogens with one attached hydrogen (secondary N) is 1. The van der Waals surface area contributed by atoms with Gasteiger partial charge < -0.3 is 20.4 Å². The fourth-order valence-corrected chi connectivity index (χ4v) is 7.42. The number of benzene rings is 1. The van der Waals surface area contributed by atoms with Crippen LogP contribution in [0.15, 0.2) is 55.2 Å². The third kappa shape index (κ3) is 5.04. The first-order valence-corrected chi connectivity index (χ1v) is 15.2. The molecule has 2 amide bonds. The molecule has 0 radical (unpaired) electrons. The van der Waals surface area contributed by atoms with Crippen LogP contribution < -0.4 is 10.2 Å². The minimum absolute atomic E-state index is 0.0407. The van der Waals surface area contributed by atoms with E-state index in [0.717, 1.165) is 69.9 Å². The lowest BCUT2D eigenvalue weighted by atomic mass is 9.67. The Morgan fingerprint density at radius 3 is 2.15 bits per heavy atom. The number of anilines is 1. The fraction of sp³-hybridized carbons (Fsp3) is 0.576. The molecule has 6 rings (SSSR count). The van der Waals surface area contributed by atoms with Crippen LogP contribution in [0.3, 0.4) is 0 Å². The zero-order valence-corrected chi connectivity index (χ0v) is 24.6. The first-order chi connectivity index (χ1) is 19.6. The van der Waals surface area contributed by atoms with Crippen LogP contribution in [0, 0.1) is 0 Å². The topological polar surface area (TPSA) is 92.2 Å². The SMILES string of the molecule is C=C(NCC1(O)CCC1)c1ccc(N2CC3(CCC(c4ccccc4)(N(C)C)CC3)N(CC3(O)CCC3)C2=O)cn1. The van der Waals surface area contributed by atoms with Crippen LogP contribution >= 0.6 is 0 Å². The number of aliphatic hydroxyl groups is 2. The van der Waals surface area contributed by atoms with Crippen molar-refractivity contribution < 1.29 is 15.0 Å². The molecule has 3 aliphatic carbocycles. The molecule has 3 saturated carbocycles. The molecule has 1 spiro atoms. The van der Waals surface area contributed by atoms with Gasteiger partial charge >= 0.3 is 6.03 Å². The number of amides is 2. The predicted molar refractivity (Wildman–Crippen MR) is 161 cm³/mol. The monoisotopic (exact) mass is 559 g/mol. The van der Waals surface area contributed by atoms with E-state index < -0.39 is 11.2 Å². The van der Waals surface area contributed by atoms with E-state index in [0.29, 0.717) is 31.0 Å². The molecule has 8 nitrogen and oxygen atoms in total. The van der Waals surface area contributed by atoms with Crippen molar-refractivity contribution in [3.8, 4) is 0 Å². The van der Waals surface area contributed by atoms with Gasteiger partial charge in [0, 0.05) is 12.1 Å². The molecular formula is C33H45N5O3. The van der Waals surface area contributed by atoms with Gasteiger partial charge in [0.25, 0.3) is 0 Å². The Morgan fingerprint density at radius 2 is 1.61 bits per heavy atom. The molecule has 0 atom stereocenters. The minimum atomic E-state index is -0.787. The molecule has 3 N–H and O–H groups in total. The van der Waals surface area contributed by atoms with Crippen molar-refractivity contribution in [1.82, 2.24) is 20.1 Å². The molecule has 8 heteroatoms. The average Bonchev–Trinajstić information content (AvgIpc) is 3.21. The molecule has 0 unspecified atom stereocenters. The van der Waals surface area contributed by atoms with E-state index in [1.54, 1.807) is 6.20 Å². The molecular weight excluding hydrogens is 514 g/mol. The average molecular weight is 560 g/mol. The molecule has 4 fully saturated rings. The van der Waals surface area contributed by atoms with Crippen molar-refractivity contribution in [3.05, 3.63) is 66.5 Å². The van der Waals surface area contributed by atoms with E-state index in [1.165, 1.54) is 5.56 Å². The van der Waals surface area contributed by atoms with Gasteiger partial charge in [-0.05, 0) is 96.0 Å². The Labute approximate surface area is 244 Å². The summed E-state index contributed by atoms with van der Waals surface area (Å²) in [6.45, 7) is 5.56. The molecule has 1 aromatic carbocycles. The lowest BCUT2D eigenvalue weighted by Crippen LogP contribution is -2.59. The van der Waals surface area contributed by atoms with Crippen LogP contribution in [0.5, 0.6) is 0 Å². The second-order valence-corrected chi connectivity index (χ2v) is 13.4. The second kappa shape index (κ2) is 10.4. The smallest absolute Gasteiger partial charge is 0.325 e. The molecule has 0 bridgehead atoms. The van der Waals surface area contributed by atoms with Gasteiger partial charge in [-0.1, -0.05) is 36.9 Å². The van der Waals surface area contributed by atoms with Crippen molar-refractivity contribution in [2.24, 2.45) is 0 Å². The summed E-state index contributed by atoms with van der Waals surface area (Å²) in [6, 6.07) is 14.5. The maximum Gasteiger partial charge on any atom is 0.325 e. The normalized spacial score (nSPS) is 28.5. The van der Waals surface area contributed by atoms with Crippen LogP contribution in [0.4, 0.5) is 10.5 Å². The van der Waals surface area contributed by atoms with Crippen LogP contribution in [0.2, 0.25) is 0 Å². The number of aromatic nitrogens is 1. The van der Waals surface area contributed by atoms with Crippen LogP contribution in [-0.2, 0) is 5.54 Å². The molecule has 1 aliphatic heterocycles. The summed E-state index contributed by atoms with van der Waals surface area (Å²) in [6.07, 6.45) is 10.6. The number of carbonyl (C=O) groups is 1. The molecule has 1 aromatic heterocycles. The summed E-state index contributed by atoms with van der Waals surface area (Å²) in [5.74, 6) is 0. The van der Waals surface area contributed by atoms with E-state index in [4.69, 9.17) is 0 Å². The zero-order chi connectivity index (χ0) is 28.9. The van der Waals surface area contributed by atoms with E-state index in [1.807, 2.05) is 21.9 Å². The third-order valence-electron chi connectivity index (χ3n) is 10.7. The number of urea groups is 1. The lowest BCUT2D eigenvalue weighted by Gasteiger charge is -2.52. The lowest BCUT2D eigenvalue weighted by molar-refractivity contribution is -0.0725. The molecule has 2 heterocycles. The number of pyridine rings is 1. The number of hydrogen-bond acceptors (Lipinski definition) is 6. The highest BCUT2D eigenvalue weighted by Gasteiger charge is 2.56. The summed E-state index contributed by atoms with van der Waals surface area (Å²) in [7, 11) is 4.32. The van der Waals surface area contributed by atoms with Crippen LogP contribution in [0.1, 0.15) is 75.5 Å². The highest BCUT2D eigenvalue weighted by atomic mass is 16.3. The Hall–Kier alpha value is -2.94. The summed E-state index contributed by atoms with van der Waals surface area (Å²) in [4.78, 5) is 24.9. The summed E-state index contributed by atoms with van der Waals surface area (Å²) in [5.41, 5.74) is 1.62. The van der Waals surface area contributed by atoms with Crippen molar-refractivity contribution in [2.45, 2.75) is 86.5 Å². The minimum Gasteiger partial charge on any atom is -0.388 e. The van der Waals surface area contributed by atoms with E-state index in [2.05, 4.69) is 66.2 Å². The Kier molecular flexibility index (Phi) is 7.15. The van der Waals surface area contributed by atoms with Gasteiger partial charge in [0.15, 0.2) is 0 Å². The van der Waals surface area contributed by atoms with Gasteiger partial charge in [-0.15, -0.1) is 0 Å². The molecule has 2 aromatic rings. The molecule has 1 saturated heterocycles. The van der Waals surface area contributed by atoms with Crippen LogP contribution in [-0.4, -0.2) is 81.5 Å². The van der Waals surface area contributed by atoms with E-state index in [-0.39, 0.29) is 17.1 Å². The zero-order valence-electron chi connectivity index (χ0n) is 24.6. The molecule has 220 valence electrons. The number of rotatable bonds is 9. The van der Waals surface area contributed by atoms with Gasteiger partial charge in [0.1, 0.15) is 0 Å². The van der Waals surface area contributed by atoms with E-state index in [9.17, 15) is 15.0 Å². The largest absolute Gasteiger partial charge is 0.388 e. The first kappa shape index (κ1) is 28.2. The first-order valence-electron chi connectivity index (χ1n) is 15.2. The quantitative estimate of drug-likeness (QED) is 0.420. The van der Waals surface area contributed by atoms with Gasteiger partial charge in [-0.2, -0.15) is 0 Å². The Balaban J connectivity index is 1.22. The van der Waals surface area contributed by atoms with Gasteiger partial charge in [0.2, 0.25) is 0 Å². The number of carbonyl (C=O) groups excluding carboxylic acids is 1. The third-order valence-corrected chi connectivity index (χ3v) is 10.7. The van der Waals surface area contributed by atoms with E-state index >= 15 is 0 Å².